The standard InChI is InChI=1S/C19H18O4/c1-3-23-17-6-4-5-16(13-17)15-10-7-14(8-11-15)9-12-18(20)19(21)22-2/h4-13H,3H2,1-2H3/b12-9+. The molecular weight excluding hydrogens is 292 g/mol. The predicted molar refractivity (Wildman–Crippen MR) is 89.1 cm³/mol. The zero-order valence-corrected chi connectivity index (χ0v) is 13.1. The van der Waals surface area contributed by atoms with E-state index in [0.717, 1.165) is 22.4 Å². The van der Waals surface area contributed by atoms with Crippen LogP contribution in [0.25, 0.3) is 17.2 Å². The van der Waals surface area contributed by atoms with Crippen molar-refractivity contribution in [2.24, 2.45) is 0 Å². The van der Waals surface area contributed by atoms with E-state index in [1.165, 1.54) is 13.2 Å². The van der Waals surface area contributed by atoms with Gasteiger partial charge in [0.1, 0.15) is 5.75 Å². The number of methoxy groups -OCH3 is 1. The first kappa shape index (κ1) is 16.5. The Morgan fingerprint density at radius 3 is 2.43 bits per heavy atom. The fraction of sp³-hybridized carbons (Fsp3) is 0.158. The third-order valence-electron chi connectivity index (χ3n) is 3.20. The third-order valence-corrected chi connectivity index (χ3v) is 3.20. The van der Waals surface area contributed by atoms with Gasteiger partial charge < -0.3 is 9.47 Å². The summed E-state index contributed by atoms with van der Waals surface area (Å²) >= 11 is 0. The quantitative estimate of drug-likeness (QED) is 0.465. The van der Waals surface area contributed by atoms with Crippen LogP contribution in [0.15, 0.2) is 54.6 Å². The maximum Gasteiger partial charge on any atom is 0.378 e. The number of benzene rings is 2. The summed E-state index contributed by atoms with van der Waals surface area (Å²) in [5.74, 6) is -0.718. The van der Waals surface area contributed by atoms with Crippen molar-refractivity contribution in [1.29, 1.82) is 0 Å². The van der Waals surface area contributed by atoms with Crippen molar-refractivity contribution in [1.82, 2.24) is 0 Å². The van der Waals surface area contributed by atoms with Gasteiger partial charge in [0.15, 0.2) is 0 Å². The van der Waals surface area contributed by atoms with Crippen molar-refractivity contribution in [3.05, 3.63) is 60.2 Å². The molecule has 0 atom stereocenters. The fourth-order valence-corrected chi connectivity index (χ4v) is 2.06. The second-order valence-corrected chi connectivity index (χ2v) is 4.77. The minimum atomic E-state index is -0.870. The van der Waals surface area contributed by atoms with E-state index >= 15 is 0 Å². The van der Waals surface area contributed by atoms with Crippen LogP contribution < -0.4 is 4.74 Å². The Morgan fingerprint density at radius 2 is 1.78 bits per heavy atom. The van der Waals surface area contributed by atoms with Crippen molar-refractivity contribution in [3.8, 4) is 16.9 Å². The minimum Gasteiger partial charge on any atom is -0.494 e. The van der Waals surface area contributed by atoms with Gasteiger partial charge in [-0.3, -0.25) is 4.79 Å². The van der Waals surface area contributed by atoms with E-state index in [1.54, 1.807) is 6.08 Å². The van der Waals surface area contributed by atoms with Crippen molar-refractivity contribution in [2.45, 2.75) is 6.92 Å². The summed E-state index contributed by atoms with van der Waals surface area (Å²) in [4.78, 5) is 22.4. The molecule has 0 aliphatic heterocycles. The molecule has 2 aromatic carbocycles. The average molecular weight is 310 g/mol. The van der Waals surface area contributed by atoms with Gasteiger partial charge in [0.2, 0.25) is 0 Å². The van der Waals surface area contributed by atoms with E-state index in [-0.39, 0.29) is 0 Å². The van der Waals surface area contributed by atoms with Gasteiger partial charge in [0, 0.05) is 0 Å². The molecule has 0 saturated heterocycles. The van der Waals surface area contributed by atoms with E-state index < -0.39 is 11.8 Å². The molecule has 0 aliphatic rings. The van der Waals surface area contributed by atoms with Gasteiger partial charge in [-0.1, -0.05) is 42.5 Å². The minimum absolute atomic E-state index is 0.626. The Kier molecular flexibility index (Phi) is 5.69. The summed E-state index contributed by atoms with van der Waals surface area (Å²) in [6.07, 6.45) is 2.79. The van der Waals surface area contributed by atoms with Crippen molar-refractivity contribution < 1.29 is 19.1 Å². The van der Waals surface area contributed by atoms with Crippen molar-refractivity contribution in [3.63, 3.8) is 0 Å². The van der Waals surface area contributed by atoms with E-state index in [4.69, 9.17) is 4.74 Å². The molecule has 118 valence electrons. The molecule has 0 fully saturated rings. The lowest BCUT2D eigenvalue weighted by Gasteiger charge is -2.06. The van der Waals surface area contributed by atoms with Crippen LogP contribution in [0, 0.1) is 0 Å². The Labute approximate surface area is 135 Å². The third kappa shape index (κ3) is 4.54. The first-order valence-electron chi connectivity index (χ1n) is 7.27. The molecule has 0 spiro atoms. The summed E-state index contributed by atoms with van der Waals surface area (Å²) in [7, 11) is 1.18. The molecule has 0 radical (unpaired) electrons. The second kappa shape index (κ2) is 7.94. The number of hydrogen-bond donors (Lipinski definition) is 0. The van der Waals surface area contributed by atoms with E-state index in [1.807, 2.05) is 55.5 Å². The summed E-state index contributed by atoms with van der Waals surface area (Å²) in [6.45, 7) is 2.57. The van der Waals surface area contributed by atoms with Gasteiger partial charge in [-0.15, -0.1) is 0 Å². The molecule has 0 bridgehead atoms. The smallest absolute Gasteiger partial charge is 0.378 e. The molecule has 0 aliphatic carbocycles. The molecule has 4 nitrogen and oxygen atoms in total. The average Bonchev–Trinajstić information content (AvgIpc) is 2.60. The largest absolute Gasteiger partial charge is 0.494 e. The lowest BCUT2D eigenvalue weighted by atomic mass is 10.0. The summed E-state index contributed by atoms with van der Waals surface area (Å²) in [5.41, 5.74) is 2.92. The van der Waals surface area contributed by atoms with Crippen LogP contribution in [0.3, 0.4) is 0 Å². The monoisotopic (exact) mass is 310 g/mol. The molecule has 0 unspecified atom stereocenters. The highest BCUT2D eigenvalue weighted by Crippen LogP contribution is 2.24. The van der Waals surface area contributed by atoms with Gasteiger partial charge >= 0.3 is 5.97 Å². The Hall–Kier alpha value is -2.88. The molecule has 2 aromatic rings. The van der Waals surface area contributed by atoms with E-state index in [2.05, 4.69) is 4.74 Å². The number of carbonyl (C=O) groups excluding carboxylic acids is 2. The fourth-order valence-electron chi connectivity index (χ4n) is 2.06. The highest BCUT2D eigenvalue weighted by molar-refractivity contribution is 6.39. The number of carbonyl (C=O) groups is 2. The van der Waals surface area contributed by atoms with Gasteiger partial charge in [-0.05, 0) is 41.8 Å². The number of ketones is 1. The van der Waals surface area contributed by atoms with Crippen LogP contribution in [0.4, 0.5) is 0 Å². The molecule has 4 heteroatoms. The van der Waals surface area contributed by atoms with Gasteiger partial charge in [-0.2, -0.15) is 0 Å². The maximum absolute atomic E-state index is 11.4. The number of ether oxygens (including phenoxy) is 2. The zero-order chi connectivity index (χ0) is 16.7. The maximum atomic E-state index is 11.4. The normalized spacial score (nSPS) is 10.5. The Bertz CT molecular complexity index is 714. The van der Waals surface area contributed by atoms with Gasteiger partial charge in [0.25, 0.3) is 5.78 Å². The molecule has 0 amide bonds. The first-order valence-corrected chi connectivity index (χ1v) is 7.27. The van der Waals surface area contributed by atoms with E-state index in [9.17, 15) is 9.59 Å². The van der Waals surface area contributed by atoms with Crippen LogP contribution >= 0.6 is 0 Å². The van der Waals surface area contributed by atoms with Crippen molar-refractivity contribution in [2.75, 3.05) is 13.7 Å². The predicted octanol–water partition coefficient (Wildman–Crippen LogP) is 3.51. The number of rotatable bonds is 6. The number of hydrogen-bond acceptors (Lipinski definition) is 4. The highest BCUT2D eigenvalue weighted by Gasteiger charge is 2.08. The second-order valence-electron chi connectivity index (χ2n) is 4.77. The van der Waals surface area contributed by atoms with Crippen LogP contribution in [-0.4, -0.2) is 25.5 Å². The summed E-state index contributed by atoms with van der Waals surface area (Å²) in [6, 6.07) is 15.5. The molecular formula is C19H18O4. The lowest BCUT2D eigenvalue weighted by molar-refractivity contribution is -0.149. The highest BCUT2D eigenvalue weighted by atomic mass is 16.5. The lowest BCUT2D eigenvalue weighted by Crippen LogP contribution is -2.11. The van der Waals surface area contributed by atoms with Crippen LogP contribution in [0.5, 0.6) is 5.75 Å². The molecule has 23 heavy (non-hydrogen) atoms. The molecule has 2 rings (SSSR count). The molecule has 0 aromatic heterocycles. The van der Waals surface area contributed by atoms with Crippen LogP contribution in [0.1, 0.15) is 12.5 Å². The van der Waals surface area contributed by atoms with Gasteiger partial charge in [-0.25, -0.2) is 4.79 Å². The summed E-state index contributed by atoms with van der Waals surface area (Å²) < 4.78 is 9.85. The number of esters is 1. The Balaban J connectivity index is 2.13. The summed E-state index contributed by atoms with van der Waals surface area (Å²) in [5, 5.41) is 0. The Morgan fingerprint density at radius 1 is 1.04 bits per heavy atom. The zero-order valence-electron chi connectivity index (χ0n) is 13.1. The topological polar surface area (TPSA) is 52.6 Å². The SMILES string of the molecule is CCOc1cccc(-c2ccc(/C=C/C(=O)C(=O)OC)cc2)c1. The van der Waals surface area contributed by atoms with Gasteiger partial charge in [0.05, 0.1) is 13.7 Å². The van der Waals surface area contributed by atoms with E-state index in [0.29, 0.717) is 6.61 Å². The molecule has 0 N–H and O–H groups in total. The van der Waals surface area contributed by atoms with Crippen molar-refractivity contribution >= 4 is 17.8 Å². The first-order chi connectivity index (χ1) is 11.1. The van der Waals surface area contributed by atoms with Crippen LogP contribution in [-0.2, 0) is 14.3 Å². The molecule has 0 heterocycles. The van der Waals surface area contributed by atoms with Crippen LogP contribution in [0.2, 0.25) is 0 Å². The molecule has 0 saturated carbocycles.